The lowest BCUT2D eigenvalue weighted by Crippen LogP contribution is -2.24. The van der Waals surface area contributed by atoms with Gasteiger partial charge in [0.25, 0.3) is 0 Å². The quantitative estimate of drug-likeness (QED) is 0.910. The smallest absolute Gasteiger partial charge is 0.182 e. The number of thiazole rings is 1. The third kappa shape index (κ3) is 3.13. The fourth-order valence-corrected chi connectivity index (χ4v) is 3.25. The summed E-state index contributed by atoms with van der Waals surface area (Å²) < 4.78 is 11.9. The normalized spacial score (nSPS) is 15.4. The Bertz CT molecular complexity index is 637. The fourth-order valence-electron chi connectivity index (χ4n) is 2.46. The summed E-state index contributed by atoms with van der Waals surface area (Å²) in [5, 5.41) is 4.14. The average Bonchev–Trinajstić information content (AvgIpc) is 2.99. The minimum absolute atomic E-state index is 0.148. The Balaban J connectivity index is 1.70. The monoisotopic (exact) mass is 304 g/mol. The molecule has 21 heavy (non-hydrogen) atoms. The zero-order chi connectivity index (χ0) is 14.9. The highest BCUT2D eigenvalue weighted by atomic mass is 32.1. The molecule has 2 heterocycles. The predicted octanol–water partition coefficient (Wildman–Crippen LogP) is 3.87. The third-order valence-electron chi connectivity index (χ3n) is 3.31. The maximum Gasteiger partial charge on any atom is 0.182 e. The van der Waals surface area contributed by atoms with E-state index in [0.717, 1.165) is 34.5 Å². The van der Waals surface area contributed by atoms with E-state index in [1.54, 1.807) is 11.3 Å². The molecule has 0 atom stereocenters. The zero-order valence-electron chi connectivity index (χ0n) is 12.6. The lowest BCUT2D eigenvalue weighted by atomic mass is 10.0. The standard InChI is InChI=1S/C16H20N2O2S/c1-4-17-15-18-9-12(21-15)10-19-13-7-5-6-11-8-16(2,3)20-14(11)13/h5-7,9H,4,8,10H2,1-3H3,(H,17,18). The summed E-state index contributed by atoms with van der Waals surface area (Å²) >= 11 is 1.62. The Morgan fingerprint density at radius 2 is 2.29 bits per heavy atom. The largest absolute Gasteiger partial charge is 0.484 e. The van der Waals surface area contributed by atoms with Gasteiger partial charge < -0.3 is 14.8 Å². The Hall–Kier alpha value is -1.75. The van der Waals surface area contributed by atoms with Gasteiger partial charge in [0.1, 0.15) is 12.2 Å². The van der Waals surface area contributed by atoms with E-state index in [0.29, 0.717) is 6.61 Å². The SMILES string of the molecule is CCNc1ncc(COc2cccc3c2OC(C)(C)C3)s1. The summed E-state index contributed by atoms with van der Waals surface area (Å²) in [6, 6.07) is 6.09. The summed E-state index contributed by atoms with van der Waals surface area (Å²) in [5.74, 6) is 1.70. The number of rotatable bonds is 5. The van der Waals surface area contributed by atoms with Gasteiger partial charge >= 0.3 is 0 Å². The molecule has 2 aromatic rings. The number of para-hydroxylation sites is 1. The summed E-state index contributed by atoms with van der Waals surface area (Å²) in [4.78, 5) is 5.41. The number of hydrogen-bond donors (Lipinski definition) is 1. The van der Waals surface area contributed by atoms with Crippen LogP contribution in [0.15, 0.2) is 24.4 Å². The highest BCUT2D eigenvalue weighted by Crippen LogP contribution is 2.42. The predicted molar refractivity (Wildman–Crippen MR) is 85.5 cm³/mol. The van der Waals surface area contributed by atoms with Gasteiger partial charge in [-0.3, -0.25) is 0 Å². The Morgan fingerprint density at radius 3 is 3.10 bits per heavy atom. The Morgan fingerprint density at radius 1 is 1.43 bits per heavy atom. The number of aromatic nitrogens is 1. The van der Waals surface area contributed by atoms with Crippen LogP contribution in [-0.2, 0) is 13.0 Å². The number of ether oxygens (including phenoxy) is 2. The second-order valence-corrected chi connectivity index (χ2v) is 6.85. The van der Waals surface area contributed by atoms with Crippen LogP contribution in [0.1, 0.15) is 31.2 Å². The number of nitrogens with one attached hydrogen (secondary N) is 1. The highest BCUT2D eigenvalue weighted by Gasteiger charge is 2.32. The molecule has 0 aliphatic carbocycles. The van der Waals surface area contributed by atoms with Crippen molar-refractivity contribution in [3.63, 3.8) is 0 Å². The van der Waals surface area contributed by atoms with Gasteiger partial charge in [-0.25, -0.2) is 4.98 Å². The summed E-state index contributed by atoms with van der Waals surface area (Å²) in [7, 11) is 0. The molecule has 1 N–H and O–H groups in total. The van der Waals surface area contributed by atoms with E-state index in [1.807, 2.05) is 18.3 Å². The van der Waals surface area contributed by atoms with E-state index in [4.69, 9.17) is 9.47 Å². The molecule has 5 heteroatoms. The minimum atomic E-state index is -0.148. The lowest BCUT2D eigenvalue weighted by Gasteiger charge is -2.18. The second kappa shape index (κ2) is 5.56. The molecule has 4 nitrogen and oxygen atoms in total. The van der Waals surface area contributed by atoms with Crippen LogP contribution in [0.25, 0.3) is 0 Å². The minimum Gasteiger partial charge on any atom is -0.484 e. The molecular weight excluding hydrogens is 284 g/mol. The van der Waals surface area contributed by atoms with Crippen molar-refractivity contribution in [3.8, 4) is 11.5 Å². The molecule has 1 aliphatic heterocycles. The summed E-state index contributed by atoms with van der Waals surface area (Å²) in [6.45, 7) is 7.65. The van der Waals surface area contributed by atoms with Crippen molar-refractivity contribution >= 4 is 16.5 Å². The summed E-state index contributed by atoms with van der Waals surface area (Å²) in [6.07, 6.45) is 2.78. The highest BCUT2D eigenvalue weighted by molar-refractivity contribution is 7.15. The molecule has 0 amide bonds. The first-order valence-corrected chi connectivity index (χ1v) is 8.01. The Labute approximate surface area is 129 Å². The molecule has 3 rings (SSSR count). The van der Waals surface area contributed by atoms with Crippen molar-refractivity contribution in [2.24, 2.45) is 0 Å². The van der Waals surface area contributed by atoms with Crippen molar-refractivity contribution in [3.05, 3.63) is 34.8 Å². The van der Waals surface area contributed by atoms with Crippen LogP contribution in [-0.4, -0.2) is 17.1 Å². The maximum atomic E-state index is 6.01. The van der Waals surface area contributed by atoms with Crippen molar-refractivity contribution in [2.45, 2.75) is 39.4 Å². The van der Waals surface area contributed by atoms with Crippen LogP contribution in [0, 0.1) is 0 Å². The van der Waals surface area contributed by atoms with Crippen LogP contribution in [0.2, 0.25) is 0 Å². The van der Waals surface area contributed by atoms with Crippen molar-refractivity contribution in [1.82, 2.24) is 4.98 Å². The number of anilines is 1. The molecule has 1 aliphatic rings. The average molecular weight is 304 g/mol. The van der Waals surface area contributed by atoms with Crippen LogP contribution >= 0.6 is 11.3 Å². The van der Waals surface area contributed by atoms with Gasteiger partial charge in [0.05, 0.1) is 4.88 Å². The molecule has 0 fully saturated rings. The van der Waals surface area contributed by atoms with Gasteiger partial charge in [-0.1, -0.05) is 23.5 Å². The van der Waals surface area contributed by atoms with Gasteiger partial charge in [0, 0.05) is 24.7 Å². The van der Waals surface area contributed by atoms with E-state index in [2.05, 4.69) is 37.1 Å². The number of nitrogens with zero attached hydrogens (tertiary/aromatic N) is 1. The second-order valence-electron chi connectivity index (χ2n) is 5.73. The van der Waals surface area contributed by atoms with Crippen LogP contribution < -0.4 is 14.8 Å². The number of benzene rings is 1. The first-order valence-electron chi connectivity index (χ1n) is 7.20. The van der Waals surface area contributed by atoms with Gasteiger partial charge in [0.2, 0.25) is 0 Å². The topological polar surface area (TPSA) is 43.4 Å². The van der Waals surface area contributed by atoms with Gasteiger partial charge in [0.15, 0.2) is 16.6 Å². The summed E-state index contributed by atoms with van der Waals surface area (Å²) in [5.41, 5.74) is 1.07. The molecule has 0 spiro atoms. The Kier molecular flexibility index (Phi) is 3.76. The van der Waals surface area contributed by atoms with Crippen molar-refractivity contribution in [2.75, 3.05) is 11.9 Å². The maximum absolute atomic E-state index is 6.01. The van der Waals surface area contributed by atoms with E-state index >= 15 is 0 Å². The lowest BCUT2D eigenvalue weighted by molar-refractivity contribution is 0.131. The third-order valence-corrected chi connectivity index (χ3v) is 4.24. The molecule has 112 valence electrons. The molecule has 1 aromatic heterocycles. The van der Waals surface area contributed by atoms with Crippen molar-refractivity contribution in [1.29, 1.82) is 0 Å². The van der Waals surface area contributed by atoms with Crippen LogP contribution in [0.5, 0.6) is 11.5 Å². The first kappa shape index (κ1) is 14.2. The van der Waals surface area contributed by atoms with Crippen LogP contribution in [0.3, 0.4) is 0 Å². The van der Waals surface area contributed by atoms with Gasteiger partial charge in [-0.2, -0.15) is 0 Å². The molecule has 0 radical (unpaired) electrons. The molecule has 0 saturated carbocycles. The first-order chi connectivity index (χ1) is 10.1. The molecular formula is C16H20N2O2S. The molecule has 1 aromatic carbocycles. The van der Waals surface area contributed by atoms with E-state index in [1.165, 1.54) is 5.56 Å². The van der Waals surface area contributed by atoms with Gasteiger partial charge in [-0.15, -0.1) is 0 Å². The molecule has 0 unspecified atom stereocenters. The number of hydrogen-bond acceptors (Lipinski definition) is 5. The molecule has 0 bridgehead atoms. The van der Waals surface area contributed by atoms with E-state index in [9.17, 15) is 0 Å². The fraction of sp³-hybridized carbons (Fsp3) is 0.438. The van der Waals surface area contributed by atoms with Crippen LogP contribution in [0.4, 0.5) is 5.13 Å². The number of fused-ring (bicyclic) bond motifs is 1. The van der Waals surface area contributed by atoms with E-state index < -0.39 is 0 Å². The van der Waals surface area contributed by atoms with Gasteiger partial charge in [-0.05, 0) is 26.8 Å². The molecule has 0 saturated heterocycles. The zero-order valence-corrected chi connectivity index (χ0v) is 13.4. The van der Waals surface area contributed by atoms with Crippen molar-refractivity contribution < 1.29 is 9.47 Å². The van der Waals surface area contributed by atoms with E-state index in [-0.39, 0.29) is 5.60 Å².